The number of aliphatic hydroxyl groups is 1. The highest BCUT2D eigenvalue weighted by molar-refractivity contribution is 6.30. The summed E-state index contributed by atoms with van der Waals surface area (Å²) in [7, 11) is 0. The van der Waals surface area contributed by atoms with Crippen LogP contribution in [0.15, 0.2) is 24.5 Å². The van der Waals surface area contributed by atoms with Crippen LogP contribution in [0.1, 0.15) is 37.8 Å². The number of hydrogen-bond acceptors (Lipinski definition) is 4. The fourth-order valence-electron chi connectivity index (χ4n) is 1.92. The Morgan fingerprint density at radius 1 is 1.45 bits per heavy atom. The second-order valence-electron chi connectivity index (χ2n) is 4.55. The summed E-state index contributed by atoms with van der Waals surface area (Å²) in [6.45, 7) is 4.87. The summed E-state index contributed by atoms with van der Waals surface area (Å²) in [6, 6.07) is 5.20. The molecule has 1 aromatic carbocycles. The van der Waals surface area contributed by atoms with E-state index < -0.39 is 6.10 Å². The molecule has 0 bridgehead atoms. The van der Waals surface area contributed by atoms with Gasteiger partial charge in [0.05, 0.1) is 6.10 Å². The average Bonchev–Trinajstić information content (AvgIpc) is 2.85. The van der Waals surface area contributed by atoms with Crippen molar-refractivity contribution in [2.75, 3.05) is 0 Å². The van der Waals surface area contributed by atoms with Gasteiger partial charge in [0, 0.05) is 17.1 Å². The smallest absolute Gasteiger partial charge is 0.164 e. The Balaban J connectivity index is 2.12. The summed E-state index contributed by atoms with van der Waals surface area (Å²) in [5, 5.41) is 14.5. The number of nitrogens with zero attached hydrogens (tertiary/aromatic N) is 3. The molecule has 2 rings (SSSR count). The minimum absolute atomic E-state index is 0.307. The molecule has 5 nitrogen and oxygen atoms in total. The lowest BCUT2D eigenvalue weighted by molar-refractivity contribution is 0.189. The van der Waals surface area contributed by atoms with Gasteiger partial charge in [-0.1, -0.05) is 18.5 Å². The summed E-state index contributed by atoms with van der Waals surface area (Å²) < 4.78 is 7.56. The van der Waals surface area contributed by atoms with E-state index in [9.17, 15) is 5.11 Å². The van der Waals surface area contributed by atoms with Crippen LogP contribution in [-0.2, 0) is 13.2 Å². The summed E-state index contributed by atoms with van der Waals surface area (Å²) in [5.74, 6) is 1.37. The quantitative estimate of drug-likeness (QED) is 0.890. The number of aryl methyl sites for hydroxylation is 1. The molecule has 108 valence electrons. The molecule has 2 aromatic rings. The zero-order chi connectivity index (χ0) is 14.5. The molecule has 1 heterocycles. The van der Waals surface area contributed by atoms with E-state index in [1.807, 2.05) is 4.68 Å². The number of aliphatic hydroxyl groups excluding tert-OH is 1. The molecule has 6 heteroatoms. The van der Waals surface area contributed by atoms with Crippen molar-refractivity contribution >= 4 is 11.6 Å². The highest BCUT2D eigenvalue weighted by Gasteiger charge is 2.11. The van der Waals surface area contributed by atoms with Crippen LogP contribution in [0.3, 0.4) is 0 Å². The molecule has 0 amide bonds. The van der Waals surface area contributed by atoms with Crippen LogP contribution in [0.4, 0.5) is 0 Å². The van der Waals surface area contributed by atoms with Crippen LogP contribution in [0.2, 0.25) is 5.02 Å². The van der Waals surface area contributed by atoms with E-state index in [1.165, 1.54) is 6.33 Å². The van der Waals surface area contributed by atoms with Crippen molar-refractivity contribution in [3.05, 3.63) is 40.9 Å². The Labute approximate surface area is 123 Å². The topological polar surface area (TPSA) is 60.2 Å². The van der Waals surface area contributed by atoms with E-state index in [4.69, 9.17) is 16.3 Å². The molecule has 1 atom stereocenters. The predicted octanol–water partition coefficient (Wildman–Crippen LogP) is 2.97. The fraction of sp³-hybridized carbons (Fsp3) is 0.429. The lowest BCUT2D eigenvalue weighted by atomic mass is 10.1. The van der Waals surface area contributed by atoms with Crippen molar-refractivity contribution in [1.82, 2.24) is 14.8 Å². The predicted molar refractivity (Wildman–Crippen MR) is 76.7 cm³/mol. The van der Waals surface area contributed by atoms with Gasteiger partial charge >= 0.3 is 0 Å². The highest BCUT2D eigenvalue weighted by Crippen LogP contribution is 2.28. The van der Waals surface area contributed by atoms with Crippen molar-refractivity contribution in [3.63, 3.8) is 0 Å². The molecule has 0 aliphatic rings. The fourth-order valence-corrected chi connectivity index (χ4v) is 2.10. The number of hydrogen-bond donors (Lipinski definition) is 1. The van der Waals surface area contributed by atoms with Gasteiger partial charge in [0.1, 0.15) is 18.7 Å². The first-order chi connectivity index (χ1) is 9.61. The summed E-state index contributed by atoms with van der Waals surface area (Å²) in [4.78, 5) is 4.18. The molecule has 1 N–H and O–H groups in total. The molecular formula is C14H18ClN3O2. The highest BCUT2D eigenvalue weighted by atomic mass is 35.5. The molecule has 0 saturated carbocycles. The molecule has 1 aromatic heterocycles. The van der Waals surface area contributed by atoms with E-state index in [2.05, 4.69) is 17.0 Å². The molecule has 0 saturated heterocycles. The Morgan fingerprint density at radius 3 is 2.95 bits per heavy atom. The number of benzene rings is 1. The van der Waals surface area contributed by atoms with Gasteiger partial charge in [0.2, 0.25) is 0 Å². The Hall–Kier alpha value is -1.59. The van der Waals surface area contributed by atoms with Crippen LogP contribution in [0.25, 0.3) is 0 Å². The van der Waals surface area contributed by atoms with Gasteiger partial charge in [-0.25, -0.2) is 9.67 Å². The second-order valence-corrected chi connectivity index (χ2v) is 4.98. The van der Waals surface area contributed by atoms with Crippen molar-refractivity contribution < 1.29 is 9.84 Å². The Bertz CT molecular complexity index is 569. The molecule has 0 unspecified atom stereocenters. The van der Waals surface area contributed by atoms with Crippen molar-refractivity contribution in [1.29, 1.82) is 0 Å². The van der Waals surface area contributed by atoms with Gasteiger partial charge in [-0.15, -0.1) is 0 Å². The number of ether oxygens (including phenoxy) is 1. The standard InChI is InChI=1S/C14H18ClN3O2/c1-3-6-18-14(16-9-17-18)8-20-13-5-4-11(15)7-12(13)10(2)19/h4-5,7,9-10,19H,3,6,8H2,1-2H3/t10-/m1/s1. The molecular weight excluding hydrogens is 278 g/mol. The van der Waals surface area contributed by atoms with Gasteiger partial charge < -0.3 is 9.84 Å². The van der Waals surface area contributed by atoms with Crippen LogP contribution < -0.4 is 4.74 Å². The van der Waals surface area contributed by atoms with Crippen LogP contribution in [0, 0.1) is 0 Å². The first-order valence-electron chi connectivity index (χ1n) is 6.58. The van der Waals surface area contributed by atoms with Gasteiger partial charge in [-0.2, -0.15) is 5.10 Å². The van der Waals surface area contributed by atoms with Gasteiger partial charge in [-0.3, -0.25) is 0 Å². The number of rotatable bonds is 6. The maximum absolute atomic E-state index is 9.75. The molecule has 0 fully saturated rings. The van der Waals surface area contributed by atoms with Gasteiger partial charge in [0.25, 0.3) is 0 Å². The zero-order valence-electron chi connectivity index (χ0n) is 11.6. The average molecular weight is 296 g/mol. The number of aromatic nitrogens is 3. The first kappa shape index (κ1) is 14.8. The summed E-state index contributed by atoms with van der Waals surface area (Å²) in [5.41, 5.74) is 0.666. The monoisotopic (exact) mass is 295 g/mol. The van der Waals surface area contributed by atoms with Crippen LogP contribution >= 0.6 is 11.6 Å². The third kappa shape index (κ3) is 3.49. The minimum atomic E-state index is -0.641. The van der Waals surface area contributed by atoms with Crippen LogP contribution in [0.5, 0.6) is 5.75 Å². The normalized spacial score (nSPS) is 12.4. The van der Waals surface area contributed by atoms with Crippen LogP contribution in [-0.4, -0.2) is 19.9 Å². The van der Waals surface area contributed by atoms with E-state index >= 15 is 0 Å². The van der Waals surface area contributed by atoms with Crippen molar-refractivity contribution in [2.24, 2.45) is 0 Å². The zero-order valence-corrected chi connectivity index (χ0v) is 12.3. The maximum Gasteiger partial charge on any atom is 0.164 e. The molecule has 0 radical (unpaired) electrons. The van der Waals surface area contributed by atoms with E-state index in [0.29, 0.717) is 22.9 Å². The van der Waals surface area contributed by atoms with Gasteiger partial charge in [0.15, 0.2) is 5.82 Å². The third-order valence-electron chi connectivity index (χ3n) is 2.91. The van der Waals surface area contributed by atoms with E-state index in [-0.39, 0.29) is 0 Å². The largest absolute Gasteiger partial charge is 0.485 e. The molecule has 0 aliphatic heterocycles. The Kier molecular flexibility index (Phi) is 4.98. The van der Waals surface area contributed by atoms with Crippen molar-refractivity contribution in [2.45, 2.75) is 39.5 Å². The summed E-state index contributed by atoms with van der Waals surface area (Å²) >= 11 is 5.93. The lowest BCUT2D eigenvalue weighted by Crippen LogP contribution is -2.09. The maximum atomic E-state index is 9.75. The second kappa shape index (κ2) is 6.72. The SMILES string of the molecule is CCCn1ncnc1COc1ccc(Cl)cc1[C@@H](C)O. The van der Waals surface area contributed by atoms with E-state index in [1.54, 1.807) is 25.1 Å². The Morgan fingerprint density at radius 2 is 2.25 bits per heavy atom. The first-order valence-corrected chi connectivity index (χ1v) is 6.96. The van der Waals surface area contributed by atoms with Gasteiger partial charge in [-0.05, 0) is 31.5 Å². The molecule has 20 heavy (non-hydrogen) atoms. The van der Waals surface area contributed by atoms with Crippen molar-refractivity contribution in [3.8, 4) is 5.75 Å². The lowest BCUT2D eigenvalue weighted by Gasteiger charge is -2.14. The number of halogens is 1. The minimum Gasteiger partial charge on any atom is -0.485 e. The van der Waals surface area contributed by atoms with E-state index in [0.717, 1.165) is 18.8 Å². The third-order valence-corrected chi connectivity index (χ3v) is 3.14. The summed E-state index contributed by atoms with van der Waals surface area (Å²) in [6.07, 6.45) is 1.86. The molecule has 0 spiro atoms. The molecule has 0 aliphatic carbocycles.